The van der Waals surface area contributed by atoms with Gasteiger partial charge in [0, 0.05) is 11.5 Å². The number of phenols is 1. The number of rotatable bonds is 7. The van der Waals surface area contributed by atoms with Gasteiger partial charge in [-0.2, -0.15) is 0 Å². The van der Waals surface area contributed by atoms with E-state index in [0.29, 0.717) is 17.7 Å². The van der Waals surface area contributed by atoms with Gasteiger partial charge in [-0.15, -0.1) is 0 Å². The Hall–Kier alpha value is -2.59. The van der Waals surface area contributed by atoms with Gasteiger partial charge in [0.25, 0.3) is 0 Å². The van der Waals surface area contributed by atoms with Gasteiger partial charge in [-0.3, -0.25) is 0 Å². The summed E-state index contributed by atoms with van der Waals surface area (Å²) in [4.78, 5) is 13.6. The fraction of sp³-hybridized carbons (Fsp3) is 0.318. The monoisotopic (exact) mass is 352 g/mol. The highest BCUT2D eigenvalue weighted by Crippen LogP contribution is 2.32. The fourth-order valence-corrected chi connectivity index (χ4v) is 3.37. The van der Waals surface area contributed by atoms with Crippen molar-refractivity contribution in [1.82, 2.24) is 0 Å². The Morgan fingerprint density at radius 1 is 1.08 bits per heavy atom. The molecule has 0 spiro atoms. The quantitative estimate of drug-likeness (QED) is 0.641. The maximum Gasteiger partial charge on any atom is 0.336 e. The Morgan fingerprint density at radius 3 is 2.54 bits per heavy atom. The van der Waals surface area contributed by atoms with E-state index in [4.69, 9.17) is 4.42 Å². The lowest BCUT2D eigenvalue weighted by atomic mass is 9.99. The molecule has 0 aliphatic heterocycles. The Morgan fingerprint density at radius 2 is 1.85 bits per heavy atom. The van der Waals surface area contributed by atoms with Crippen LogP contribution in [0, 0.1) is 0 Å². The molecule has 1 heterocycles. The zero-order valence-electron chi connectivity index (χ0n) is 15.4. The molecule has 4 heteroatoms. The molecule has 136 valence electrons. The third kappa shape index (κ3) is 3.81. The van der Waals surface area contributed by atoms with E-state index in [9.17, 15) is 9.90 Å². The van der Waals surface area contributed by atoms with E-state index in [1.807, 2.05) is 36.4 Å². The van der Waals surface area contributed by atoms with E-state index in [0.717, 1.165) is 42.4 Å². The number of phenolic OH excluding ortho intramolecular Hbond substituents is 1. The van der Waals surface area contributed by atoms with Crippen molar-refractivity contribution in [3.8, 4) is 16.9 Å². The van der Waals surface area contributed by atoms with Gasteiger partial charge < -0.3 is 14.4 Å². The molecule has 26 heavy (non-hydrogen) atoms. The highest BCUT2D eigenvalue weighted by Gasteiger charge is 2.18. The number of unbranched alkanes of at least 4 members (excludes halogenated alkanes) is 1. The molecule has 2 N–H and O–H groups in total. The Balaban J connectivity index is 2.14. The van der Waals surface area contributed by atoms with Gasteiger partial charge in [0.05, 0.1) is 18.7 Å². The van der Waals surface area contributed by atoms with Crippen molar-refractivity contribution < 1.29 is 14.4 Å². The molecule has 0 saturated heterocycles. The maximum absolute atomic E-state index is 12.2. The van der Waals surface area contributed by atoms with Crippen LogP contribution in [-0.2, 0) is 6.54 Å². The molecule has 0 aliphatic rings. The number of quaternary nitrogens is 1. The van der Waals surface area contributed by atoms with Gasteiger partial charge in [-0.1, -0.05) is 43.7 Å². The van der Waals surface area contributed by atoms with Crippen LogP contribution in [0.25, 0.3) is 22.1 Å². The smallest absolute Gasteiger partial charge is 0.336 e. The summed E-state index contributed by atoms with van der Waals surface area (Å²) in [6, 6.07) is 14.9. The van der Waals surface area contributed by atoms with E-state index in [1.54, 1.807) is 6.07 Å². The molecule has 1 unspecified atom stereocenters. The summed E-state index contributed by atoms with van der Waals surface area (Å²) in [6.07, 6.45) is 2.27. The molecule has 0 aliphatic carbocycles. The minimum atomic E-state index is -0.394. The van der Waals surface area contributed by atoms with Crippen LogP contribution in [-0.4, -0.2) is 18.2 Å². The summed E-state index contributed by atoms with van der Waals surface area (Å²) in [7, 11) is 0. The number of hydrogen-bond acceptors (Lipinski definition) is 3. The van der Waals surface area contributed by atoms with E-state index in [2.05, 4.69) is 13.8 Å². The molecule has 0 bridgehead atoms. The molecular formula is C22H26NO3+. The fourth-order valence-electron chi connectivity index (χ4n) is 3.37. The lowest BCUT2D eigenvalue weighted by Crippen LogP contribution is -3.10. The minimum Gasteiger partial charge on any atom is -0.507 e. The van der Waals surface area contributed by atoms with Crippen molar-refractivity contribution in [2.24, 2.45) is 0 Å². The summed E-state index contributed by atoms with van der Waals surface area (Å²) >= 11 is 0. The second kappa shape index (κ2) is 8.19. The highest BCUT2D eigenvalue weighted by atomic mass is 16.4. The van der Waals surface area contributed by atoms with Crippen LogP contribution in [0.15, 0.2) is 57.7 Å². The molecule has 1 atom stereocenters. The van der Waals surface area contributed by atoms with Crippen molar-refractivity contribution >= 4 is 11.0 Å². The average Bonchev–Trinajstić information content (AvgIpc) is 2.66. The normalized spacial score (nSPS) is 12.4. The number of aromatic hydroxyl groups is 1. The number of fused-ring (bicyclic) bond motifs is 1. The second-order valence-corrected chi connectivity index (χ2v) is 6.67. The predicted octanol–water partition coefficient (Wildman–Crippen LogP) is 3.37. The third-order valence-electron chi connectivity index (χ3n) is 4.89. The first-order chi connectivity index (χ1) is 12.6. The van der Waals surface area contributed by atoms with E-state index in [-0.39, 0.29) is 5.75 Å². The molecule has 3 aromatic rings. The molecule has 0 fully saturated rings. The zero-order valence-corrected chi connectivity index (χ0v) is 15.4. The first-order valence-corrected chi connectivity index (χ1v) is 9.31. The average molecular weight is 352 g/mol. The summed E-state index contributed by atoms with van der Waals surface area (Å²) in [5.74, 6) is 0.188. The van der Waals surface area contributed by atoms with Crippen LogP contribution in [0.2, 0.25) is 0 Å². The van der Waals surface area contributed by atoms with Gasteiger partial charge in [0.2, 0.25) is 0 Å². The van der Waals surface area contributed by atoms with E-state index >= 15 is 0 Å². The van der Waals surface area contributed by atoms with Crippen LogP contribution < -0.4 is 10.5 Å². The first-order valence-electron chi connectivity index (χ1n) is 9.31. The summed E-state index contributed by atoms with van der Waals surface area (Å²) in [5, 5.41) is 11.3. The Kier molecular flexibility index (Phi) is 5.74. The lowest BCUT2D eigenvalue weighted by Gasteiger charge is -2.19. The summed E-state index contributed by atoms with van der Waals surface area (Å²) < 4.78 is 5.56. The molecule has 3 rings (SSSR count). The van der Waals surface area contributed by atoms with Gasteiger partial charge in [0.15, 0.2) is 5.58 Å². The standard InChI is InChI=1S/C22H25NO3/c1-3-5-13-23(4-2)15-19-20(24)12-11-17-18(14-21(25)26-22(17)19)16-9-7-6-8-10-16/h6-12,14,24H,3-5,13,15H2,1-2H3/p+1. The lowest BCUT2D eigenvalue weighted by molar-refractivity contribution is -0.912. The molecular weight excluding hydrogens is 326 g/mol. The van der Waals surface area contributed by atoms with Crippen LogP contribution in [0.3, 0.4) is 0 Å². The van der Waals surface area contributed by atoms with Crippen molar-refractivity contribution in [1.29, 1.82) is 0 Å². The molecule has 1 aromatic heterocycles. The number of hydrogen-bond donors (Lipinski definition) is 2. The van der Waals surface area contributed by atoms with Crippen LogP contribution >= 0.6 is 0 Å². The molecule has 2 aromatic carbocycles. The molecule has 4 nitrogen and oxygen atoms in total. The van der Waals surface area contributed by atoms with Crippen molar-refractivity contribution in [2.75, 3.05) is 13.1 Å². The predicted molar refractivity (Wildman–Crippen MR) is 105 cm³/mol. The number of benzene rings is 2. The van der Waals surface area contributed by atoms with E-state index < -0.39 is 5.63 Å². The number of nitrogens with one attached hydrogen (secondary N) is 1. The summed E-state index contributed by atoms with van der Waals surface area (Å²) in [5.41, 5.74) is 2.62. The van der Waals surface area contributed by atoms with Gasteiger partial charge in [-0.05, 0) is 36.6 Å². The maximum atomic E-state index is 12.2. The molecule has 0 amide bonds. The van der Waals surface area contributed by atoms with Gasteiger partial charge in [-0.25, -0.2) is 4.79 Å². The van der Waals surface area contributed by atoms with Crippen LogP contribution in [0.1, 0.15) is 32.3 Å². The minimum absolute atomic E-state index is 0.188. The SMILES string of the molecule is CCCC[NH+](CC)Cc1c(O)ccc2c(-c3ccccc3)cc(=O)oc12. The zero-order chi connectivity index (χ0) is 18.5. The largest absolute Gasteiger partial charge is 0.507 e. The Bertz CT molecular complexity index is 931. The van der Waals surface area contributed by atoms with Crippen molar-refractivity contribution in [3.05, 3.63) is 64.5 Å². The van der Waals surface area contributed by atoms with Gasteiger partial charge >= 0.3 is 5.63 Å². The van der Waals surface area contributed by atoms with Crippen molar-refractivity contribution in [2.45, 2.75) is 33.2 Å². The van der Waals surface area contributed by atoms with Crippen LogP contribution in [0.4, 0.5) is 0 Å². The molecule has 0 radical (unpaired) electrons. The third-order valence-corrected chi connectivity index (χ3v) is 4.89. The summed E-state index contributed by atoms with van der Waals surface area (Å²) in [6.45, 7) is 6.94. The topological polar surface area (TPSA) is 54.9 Å². The van der Waals surface area contributed by atoms with Gasteiger partial charge in [0.1, 0.15) is 12.3 Å². The Labute approximate surface area is 153 Å². The van der Waals surface area contributed by atoms with Crippen molar-refractivity contribution in [3.63, 3.8) is 0 Å². The second-order valence-electron chi connectivity index (χ2n) is 6.67. The van der Waals surface area contributed by atoms with Crippen LogP contribution in [0.5, 0.6) is 5.75 Å². The highest BCUT2D eigenvalue weighted by molar-refractivity contribution is 5.95. The molecule has 0 saturated carbocycles. The first kappa shape index (κ1) is 18.2. The van der Waals surface area contributed by atoms with E-state index in [1.165, 1.54) is 11.0 Å².